The molecule has 2 saturated heterocycles. The van der Waals surface area contributed by atoms with E-state index in [0.29, 0.717) is 13.1 Å². The van der Waals surface area contributed by atoms with Crippen molar-refractivity contribution in [3.63, 3.8) is 0 Å². The van der Waals surface area contributed by atoms with Crippen LogP contribution in [0.25, 0.3) is 0 Å². The smallest absolute Gasteiger partial charge is 0.410 e. The Morgan fingerprint density at radius 1 is 0.806 bits per heavy atom. The number of nitrogens with zero attached hydrogens (tertiary/aromatic N) is 5. The molecule has 8 heteroatoms. The van der Waals surface area contributed by atoms with Gasteiger partial charge in [0.15, 0.2) is 0 Å². The molecule has 1 N–H and O–H groups in total. The molecule has 0 atom stereocenters. The fourth-order valence-electron chi connectivity index (χ4n) is 3.51. The second-order valence-electron chi connectivity index (χ2n) is 8.60. The van der Waals surface area contributed by atoms with Crippen LogP contribution in [0.2, 0.25) is 0 Å². The molecule has 168 valence electrons. The zero-order valence-electron chi connectivity index (χ0n) is 18.8. The van der Waals surface area contributed by atoms with Crippen LogP contribution in [0.15, 0.2) is 49.1 Å². The van der Waals surface area contributed by atoms with Crippen LogP contribution in [0.1, 0.15) is 20.8 Å². The van der Waals surface area contributed by atoms with Gasteiger partial charge in [0.1, 0.15) is 5.60 Å². The molecular weight excluding hydrogens is 392 g/mol. The summed E-state index contributed by atoms with van der Waals surface area (Å²) in [6.07, 6.45) is 7.04. The summed E-state index contributed by atoms with van der Waals surface area (Å²) in [7, 11) is 0. The maximum absolute atomic E-state index is 11.9. The quantitative estimate of drug-likeness (QED) is 0.791. The Morgan fingerprint density at radius 3 is 1.71 bits per heavy atom. The number of nitrogens with one attached hydrogen (secondary N) is 1. The van der Waals surface area contributed by atoms with E-state index < -0.39 is 5.60 Å². The van der Waals surface area contributed by atoms with E-state index in [-0.39, 0.29) is 6.09 Å². The van der Waals surface area contributed by atoms with Crippen LogP contribution in [-0.4, -0.2) is 78.9 Å². The van der Waals surface area contributed by atoms with Crippen molar-refractivity contribution in [3.05, 3.63) is 49.1 Å². The van der Waals surface area contributed by atoms with E-state index in [4.69, 9.17) is 4.74 Å². The van der Waals surface area contributed by atoms with Crippen molar-refractivity contribution in [2.75, 3.05) is 62.2 Å². The van der Waals surface area contributed by atoms with Crippen molar-refractivity contribution in [1.82, 2.24) is 20.2 Å². The molecule has 0 unspecified atom stereocenters. The lowest BCUT2D eigenvalue weighted by Gasteiger charge is -2.36. The molecule has 4 rings (SSSR count). The van der Waals surface area contributed by atoms with Gasteiger partial charge < -0.3 is 24.8 Å². The average Bonchev–Trinajstić information content (AvgIpc) is 2.80. The summed E-state index contributed by atoms with van der Waals surface area (Å²) in [5, 5.41) is 3.33. The van der Waals surface area contributed by atoms with E-state index in [1.165, 1.54) is 5.69 Å². The van der Waals surface area contributed by atoms with Gasteiger partial charge in [-0.1, -0.05) is 0 Å². The van der Waals surface area contributed by atoms with Crippen molar-refractivity contribution >= 4 is 17.5 Å². The van der Waals surface area contributed by atoms with Gasteiger partial charge in [0.2, 0.25) is 0 Å². The molecule has 4 heterocycles. The Labute approximate surface area is 185 Å². The maximum atomic E-state index is 11.9. The van der Waals surface area contributed by atoms with Crippen LogP contribution in [0, 0.1) is 0 Å². The van der Waals surface area contributed by atoms with Crippen molar-refractivity contribution in [1.29, 1.82) is 0 Å². The Balaban J connectivity index is 0.000000194. The molecule has 0 aliphatic carbocycles. The predicted octanol–water partition coefficient (Wildman–Crippen LogP) is 2.63. The lowest BCUT2D eigenvalue weighted by atomic mass is 10.2. The van der Waals surface area contributed by atoms with Crippen LogP contribution < -0.4 is 15.1 Å². The second kappa shape index (κ2) is 10.9. The first kappa shape index (κ1) is 22.8. The number of hydrogen-bond acceptors (Lipinski definition) is 7. The van der Waals surface area contributed by atoms with Gasteiger partial charge in [0.25, 0.3) is 0 Å². The van der Waals surface area contributed by atoms with Crippen LogP contribution in [-0.2, 0) is 4.74 Å². The molecule has 1 amide bonds. The van der Waals surface area contributed by atoms with E-state index in [0.717, 1.165) is 45.0 Å². The van der Waals surface area contributed by atoms with Gasteiger partial charge in [0, 0.05) is 88.5 Å². The number of carbonyl (C=O) groups excluding carboxylic acids is 1. The molecule has 0 saturated carbocycles. The van der Waals surface area contributed by atoms with Crippen molar-refractivity contribution in [2.24, 2.45) is 0 Å². The number of amides is 1. The third kappa shape index (κ3) is 7.40. The summed E-state index contributed by atoms with van der Waals surface area (Å²) in [4.78, 5) is 26.3. The fourth-order valence-corrected chi connectivity index (χ4v) is 3.51. The zero-order chi connectivity index (χ0) is 22.1. The summed E-state index contributed by atoms with van der Waals surface area (Å²) in [6, 6.07) is 8.10. The molecule has 0 bridgehead atoms. The van der Waals surface area contributed by atoms with Gasteiger partial charge in [-0.25, -0.2) is 4.79 Å². The predicted molar refractivity (Wildman–Crippen MR) is 124 cm³/mol. The van der Waals surface area contributed by atoms with Crippen molar-refractivity contribution < 1.29 is 9.53 Å². The molecule has 0 spiro atoms. The molecule has 8 nitrogen and oxygen atoms in total. The minimum atomic E-state index is -0.431. The van der Waals surface area contributed by atoms with Crippen LogP contribution in [0.3, 0.4) is 0 Å². The SMILES string of the molecule is CC(C)(C)OC(=O)N1CCN(c2ccncc2)CC1.c1cc(N2CCNCC2)ccn1. The van der Waals surface area contributed by atoms with Gasteiger partial charge in [-0.05, 0) is 45.0 Å². The minimum Gasteiger partial charge on any atom is -0.444 e. The molecule has 2 aromatic rings. The van der Waals surface area contributed by atoms with Crippen molar-refractivity contribution in [2.45, 2.75) is 26.4 Å². The number of aromatic nitrogens is 2. The van der Waals surface area contributed by atoms with E-state index in [1.807, 2.05) is 45.3 Å². The van der Waals surface area contributed by atoms with E-state index in [2.05, 4.69) is 37.2 Å². The molecular formula is C23H34N6O2. The third-order valence-corrected chi connectivity index (χ3v) is 5.10. The summed E-state index contributed by atoms with van der Waals surface area (Å²) in [6.45, 7) is 13.1. The van der Waals surface area contributed by atoms with Crippen molar-refractivity contribution in [3.8, 4) is 0 Å². The zero-order valence-corrected chi connectivity index (χ0v) is 18.8. The topological polar surface area (TPSA) is 73.8 Å². The number of pyridine rings is 2. The van der Waals surface area contributed by atoms with E-state index in [1.54, 1.807) is 17.3 Å². The Bertz CT molecular complexity index is 783. The summed E-state index contributed by atoms with van der Waals surface area (Å²) < 4.78 is 5.38. The first-order valence-electron chi connectivity index (χ1n) is 10.9. The van der Waals surface area contributed by atoms with Gasteiger partial charge in [-0.15, -0.1) is 0 Å². The number of piperazine rings is 2. The van der Waals surface area contributed by atoms with E-state index in [9.17, 15) is 4.79 Å². The fraction of sp³-hybridized carbons (Fsp3) is 0.522. The third-order valence-electron chi connectivity index (χ3n) is 5.10. The highest BCUT2D eigenvalue weighted by Gasteiger charge is 2.25. The van der Waals surface area contributed by atoms with Crippen LogP contribution >= 0.6 is 0 Å². The Kier molecular flexibility index (Phi) is 8.06. The highest BCUT2D eigenvalue weighted by molar-refractivity contribution is 5.68. The molecule has 2 aliphatic rings. The molecule has 2 fully saturated rings. The van der Waals surface area contributed by atoms with E-state index >= 15 is 0 Å². The number of carbonyl (C=O) groups is 1. The highest BCUT2D eigenvalue weighted by atomic mass is 16.6. The second-order valence-corrected chi connectivity index (χ2v) is 8.60. The summed E-state index contributed by atoms with van der Waals surface area (Å²) >= 11 is 0. The molecule has 2 aliphatic heterocycles. The Morgan fingerprint density at radius 2 is 1.26 bits per heavy atom. The van der Waals surface area contributed by atoms with Gasteiger partial charge >= 0.3 is 6.09 Å². The van der Waals surface area contributed by atoms with Gasteiger partial charge in [0.05, 0.1) is 0 Å². The molecule has 0 radical (unpaired) electrons. The molecule has 0 aromatic carbocycles. The largest absolute Gasteiger partial charge is 0.444 e. The number of ether oxygens (including phenoxy) is 1. The number of hydrogen-bond donors (Lipinski definition) is 1. The normalized spacial score (nSPS) is 16.9. The lowest BCUT2D eigenvalue weighted by Crippen LogP contribution is -2.50. The maximum Gasteiger partial charge on any atom is 0.410 e. The molecule has 2 aromatic heterocycles. The van der Waals surface area contributed by atoms with Gasteiger partial charge in [-0.3, -0.25) is 9.97 Å². The first-order valence-corrected chi connectivity index (χ1v) is 10.9. The minimum absolute atomic E-state index is 0.220. The van der Waals surface area contributed by atoms with Crippen LogP contribution in [0.5, 0.6) is 0 Å². The van der Waals surface area contributed by atoms with Crippen LogP contribution in [0.4, 0.5) is 16.2 Å². The first-order chi connectivity index (χ1) is 14.9. The van der Waals surface area contributed by atoms with Gasteiger partial charge in [-0.2, -0.15) is 0 Å². The number of anilines is 2. The lowest BCUT2D eigenvalue weighted by molar-refractivity contribution is 0.0240. The summed E-state index contributed by atoms with van der Waals surface area (Å²) in [5.41, 5.74) is 2.00. The molecule has 31 heavy (non-hydrogen) atoms. The standard InChI is InChI=1S/C14H21N3O2.C9H13N3/c1-14(2,3)19-13(18)17-10-8-16(9-11-17)12-4-6-15-7-5-12;1-3-10-4-2-9(1)12-7-5-11-6-8-12/h4-7H,8-11H2,1-3H3;1-4,11H,5-8H2. The average molecular weight is 427 g/mol. The highest BCUT2D eigenvalue weighted by Crippen LogP contribution is 2.17. The number of rotatable bonds is 2. The Hall–Kier alpha value is -2.87. The summed E-state index contributed by atoms with van der Waals surface area (Å²) in [5.74, 6) is 0. The monoisotopic (exact) mass is 426 g/mol.